The molecule has 10 nitrogen and oxygen atoms in total. The van der Waals surface area contributed by atoms with Gasteiger partial charge >= 0.3 is 0 Å². The van der Waals surface area contributed by atoms with Crippen molar-refractivity contribution in [1.29, 1.82) is 0 Å². The van der Waals surface area contributed by atoms with Crippen molar-refractivity contribution in [3.05, 3.63) is 71.8 Å². The highest BCUT2D eigenvalue weighted by Gasteiger charge is 2.46. The van der Waals surface area contributed by atoms with E-state index in [1.165, 1.54) is 19.1 Å². The zero-order valence-corrected chi connectivity index (χ0v) is 19.8. The topological polar surface area (TPSA) is 112 Å². The molecule has 1 aromatic heterocycles. The summed E-state index contributed by atoms with van der Waals surface area (Å²) in [7, 11) is 3.01. The molecule has 3 heterocycles. The lowest BCUT2D eigenvalue weighted by molar-refractivity contribution is -0.139. The summed E-state index contributed by atoms with van der Waals surface area (Å²) >= 11 is 0. The number of imidazole rings is 1. The molecule has 1 amide bonds. The first-order chi connectivity index (χ1) is 17.5. The molecule has 2 aromatic carbocycles. The van der Waals surface area contributed by atoms with Crippen LogP contribution in [0.2, 0.25) is 0 Å². The normalized spacial score (nSPS) is 18.1. The van der Waals surface area contributed by atoms with Gasteiger partial charge in [0.25, 0.3) is 11.7 Å². The third-order valence-electron chi connectivity index (χ3n) is 6.25. The number of ketones is 1. The van der Waals surface area contributed by atoms with Gasteiger partial charge < -0.3 is 33.5 Å². The number of aliphatic hydroxyl groups excluding tert-OH is 1. The number of rotatable bonds is 8. The number of ether oxygens (including phenoxy) is 4. The first-order valence-electron chi connectivity index (χ1n) is 11.4. The highest BCUT2D eigenvalue weighted by atomic mass is 16.7. The van der Waals surface area contributed by atoms with Gasteiger partial charge in [-0.15, -0.1) is 0 Å². The highest BCUT2D eigenvalue weighted by Crippen LogP contribution is 2.47. The van der Waals surface area contributed by atoms with Gasteiger partial charge in [-0.05, 0) is 36.2 Å². The number of hydrogen-bond acceptors (Lipinski definition) is 8. The van der Waals surface area contributed by atoms with E-state index < -0.39 is 17.7 Å². The highest BCUT2D eigenvalue weighted by molar-refractivity contribution is 6.46. The number of amides is 1. The van der Waals surface area contributed by atoms with Gasteiger partial charge in [-0.25, -0.2) is 4.98 Å². The zero-order valence-electron chi connectivity index (χ0n) is 19.8. The van der Waals surface area contributed by atoms with Gasteiger partial charge in [0.05, 0.1) is 32.2 Å². The van der Waals surface area contributed by atoms with Gasteiger partial charge in [0.2, 0.25) is 12.5 Å². The molecule has 3 aromatic rings. The monoisotopic (exact) mass is 491 g/mol. The van der Waals surface area contributed by atoms with Crippen LogP contribution in [-0.2, 0) is 16.1 Å². The van der Waals surface area contributed by atoms with E-state index in [0.717, 1.165) is 0 Å². The molecule has 1 fully saturated rings. The number of aliphatic hydroxyl groups is 1. The van der Waals surface area contributed by atoms with E-state index in [1.807, 2.05) is 10.8 Å². The van der Waals surface area contributed by atoms with Gasteiger partial charge in [0, 0.05) is 31.0 Å². The third kappa shape index (κ3) is 4.10. The lowest BCUT2D eigenvalue weighted by Gasteiger charge is -2.26. The predicted octanol–water partition coefficient (Wildman–Crippen LogP) is 3.14. The van der Waals surface area contributed by atoms with Gasteiger partial charge in [0.1, 0.15) is 11.5 Å². The van der Waals surface area contributed by atoms with Crippen LogP contribution in [0.15, 0.2) is 60.7 Å². The number of Topliss-reactive ketones (excluding diaryl/α,β-unsaturated/α-hetero) is 1. The van der Waals surface area contributed by atoms with Crippen LogP contribution in [0.4, 0.5) is 0 Å². The summed E-state index contributed by atoms with van der Waals surface area (Å²) in [6.07, 6.45) is 5.77. The van der Waals surface area contributed by atoms with Crippen molar-refractivity contribution in [3.63, 3.8) is 0 Å². The number of fused-ring (bicyclic) bond motifs is 1. The van der Waals surface area contributed by atoms with Crippen LogP contribution < -0.4 is 18.9 Å². The molecule has 2 aliphatic rings. The Hall–Kier alpha value is -4.47. The van der Waals surface area contributed by atoms with Crippen molar-refractivity contribution in [2.75, 3.05) is 27.6 Å². The molecule has 2 aliphatic heterocycles. The SMILES string of the molecule is COc1cccc(/C(O)=C2\C(=O)C(=O)N(CCCn3ccnc3)C2c2cc(OC)c3c(c2)OCO3)c1. The fourth-order valence-corrected chi connectivity index (χ4v) is 4.53. The number of carbonyl (C=O) groups excluding carboxylic acids is 2. The summed E-state index contributed by atoms with van der Waals surface area (Å²) in [6, 6.07) is 9.25. The molecule has 1 unspecified atom stereocenters. The van der Waals surface area contributed by atoms with Crippen molar-refractivity contribution >= 4 is 17.4 Å². The van der Waals surface area contributed by atoms with Crippen LogP contribution in [0.3, 0.4) is 0 Å². The number of benzene rings is 2. The Balaban J connectivity index is 1.60. The average Bonchev–Trinajstić information content (AvgIpc) is 3.65. The van der Waals surface area contributed by atoms with Gasteiger partial charge in [-0.1, -0.05) is 12.1 Å². The minimum atomic E-state index is -0.859. The molecular weight excluding hydrogens is 466 g/mol. The van der Waals surface area contributed by atoms with Crippen LogP contribution in [0, 0.1) is 0 Å². The molecule has 0 bridgehead atoms. The molecule has 1 atom stereocenters. The summed E-state index contributed by atoms with van der Waals surface area (Å²) in [5, 5.41) is 11.3. The number of hydrogen-bond donors (Lipinski definition) is 1. The Morgan fingerprint density at radius 1 is 1.14 bits per heavy atom. The second kappa shape index (κ2) is 9.65. The molecule has 1 N–H and O–H groups in total. The van der Waals surface area contributed by atoms with Crippen molar-refractivity contribution in [2.45, 2.75) is 19.0 Å². The molecule has 1 saturated heterocycles. The second-order valence-corrected chi connectivity index (χ2v) is 8.34. The minimum absolute atomic E-state index is 0.0168. The Morgan fingerprint density at radius 3 is 2.75 bits per heavy atom. The smallest absolute Gasteiger partial charge is 0.295 e. The fraction of sp³-hybridized carbons (Fsp3) is 0.269. The zero-order chi connectivity index (χ0) is 25.2. The summed E-state index contributed by atoms with van der Waals surface area (Å²) in [6.45, 7) is 0.916. The van der Waals surface area contributed by atoms with Crippen LogP contribution in [-0.4, -0.2) is 58.8 Å². The van der Waals surface area contributed by atoms with E-state index in [9.17, 15) is 14.7 Å². The van der Waals surface area contributed by atoms with E-state index >= 15 is 0 Å². The van der Waals surface area contributed by atoms with E-state index in [1.54, 1.807) is 48.9 Å². The van der Waals surface area contributed by atoms with E-state index in [0.29, 0.717) is 47.1 Å². The van der Waals surface area contributed by atoms with Crippen molar-refractivity contribution in [3.8, 4) is 23.0 Å². The lowest BCUT2D eigenvalue weighted by atomic mass is 9.94. The van der Waals surface area contributed by atoms with Crippen molar-refractivity contribution in [2.24, 2.45) is 0 Å². The molecule has 36 heavy (non-hydrogen) atoms. The van der Waals surface area contributed by atoms with E-state index in [4.69, 9.17) is 18.9 Å². The third-order valence-corrected chi connectivity index (χ3v) is 6.25. The first-order valence-corrected chi connectivity index (χ1v) is 11.4. The largest absolute Gasteiger partial charge is 0.507 e. The van der Waals surface area contributed by atoms with Gasteiger partial charge in [-0.2, -0.15) is 0 Å². The van der Waals surface area contributed by atoms with Crippen molar-refractivity contribution < 1.29 is 33.6 Å². The summed E-state index contributed by atoms with van der Waals surface area (Å²) in [5.74, 6) is 0.0680. The number of likely N-dealkylation sites (tertiary alicyclic amines) is 1. The standard InChI is InChI=1S/C26H25N3O7/c1-33-18-6-3-5-16(11-18)23(30)21-22(17-12-19(34-2)25-20(13-17)35-15-36-25)29(26(32)24(21)31)9-4-8-28-10-7-27-14-28/h3,5-7,10-14,22,30H,4,8-9,15H2,1-2H3/b23-21+. The van der Waals surface area contributed by atoms with Crippen LogP contribution in [0.1, 0.15) is 23.6 Å². The van der Waals surface area contributed by atoms with Crippen LogP contribution in [0.5, 0.6) is 23.0 Å². The Bertz CT molecular complexity index is 1330. The first kappa shape index (κ1) is 23.3. The molecule has 0 radical (unpaired) electrons. The maximum Gasteiger partial charge on any atom is 0.295 e. The Morgan fingerprint density at radius 2 is 2.00 bits per heavy atom. The quantitative estimate of drug-likeness (QED) is 0.291. The maximum absolute atomic E-state index is 13.3. The van der Waals surface area contributed by atoms with Crippen molar-refractivity contribution in [1.82, 2.24) is 14.5 Å². The number of aryl methyl sites for hydroxylation is 1. The Kier molecular flexibility index (Phi) is 6.24. The molecule has 0 spiro atoms. The molecule has 186 valence electrons. The summed E-state index contributed by atoms with van der Waals surface area (Å²) in [5.41, 5.74) is 0.905. The minimum Gasteiger partial charge on any atom is -0.507 e. The van der Waals surface area contributed by atoms with Crippen LogP contribution >= 0.6 is 0 Å². The van der Waals surface area contributed by atoms with Gasteiger partial charge in [0.15, 0.2) is 11.5 Å². The average molecular weight is 492 g/mol. The maximum atomic E-state index is 13.3. The van der Waals surface area contributed by atoms with Crippen LogP contribution in [0.25, 0.3) is 5.76 Å². The summed E-state index contributed by atoms with van der Waals surface area (Å²) in [4.78, 5) is 32.1. The van der Waals surface area contributed by atoms with E-state index in [-0.39, 0.29) is 24.7 Å². The molecule has 0 aliphatic carbocycles. The number of carbonyl (C=O) groups is 2. The number of nitrogens with zero attached hydrogens (tertiary/aromatic N) is 3. The molecule has 5 rings (SSSR count). The summed E-state index contributed by atoms with van der Waals surface area (Å²) < 4.78 is 23.7. The predicted molar refractivity (Wildman–Crippen MR) is 128 cm³/mol. The Labute approximate surface area is 207 Å². The van der Waals surface area contributed by atoms with Gasteiger partial charge in [-0.3, -0.25) is 9.59 Å². The number of methoxy groups -OCH3 is 2. The lowest BCUT2D eigenvalue weighted by Crippen LogP contribution is -2.31. The number of aromatic nitrogens is 2. The van der Waals surface area contributed by atoms with E-state index in [2.05, 4.69) is 4.98 Å². The fourth-order valence-electron chi connectivity index (χ4n) is 4.53. The second-order valence-electron chi connectivity index (χ2n) is 8.34. The molecule has 0 saturated carbocycles. The molecule has 10 heteroatoms. The molecular formula is C26H25N3O7.